The van der Waals surface area contributed by atoms with E-state index in [9.17, 15) is 14.7 Å². The van der Waals surface area contributed by atoms with Gasteiger partial charge in [0.25, 0.3) is 0 Å². The minimum Gasteiger partial charge on any atom is -0.479 e. The maximum Gasteiger partial charge on any atom is 0.411 e. The molecule has 0 saturated carbocycles. The maximum absolute atomic E-state index is 12.6. The molecule has 0 aliphatic carbocycles. The lowest BCUT2D eigenvalue weighted by atomic mass is 9.84. The van der Waals surface area contributed by atoms with Gasteiger partial charge in [-0.1, -0.05) is 45.0 Å². The molecule has 1 unspecified atom stereocenters. The van der Waals surface area contributed by atoms with Crippen molar-refractivity contribution in [2.75, 3.05) is 6.54 Å². The van der Waals surface area contributed by atoms with E-state index in [1.54, 1.807) is 20.8 Å². The van der Waals surface area contributed by atoms with Crippen molar-refractivity contribution in [1.82, 2.24) is 4.90 Å². The van der Waals surface area contributed by atoms with Crippen molar-refractivity contribution in [1.29, 1.82) is 0 Å². The Morgan fingerprint density at radius 1 is 1.12 bits per heavy atom. The monoisotopic (exact) mass is 361 g/mol. The molecule has 1 aliphatic rings. The van der Waals surface area contributed by atoms with Crippen LogP contribution in [0.4, 0.5) is 4.79 Å². The Labute approximate surface area is 156 Å². The first-order valence-corrected chi connectivity index (χ1v) is 9.19. The topological polar surface area (TPSA) is 66.8 Å². The lowest BCUT2D eigenvalue weighted by Crippen LogP contribution is -2.55. The molecule has 5 heteroatoms. The van der Waals surface area contributed by atoms with Gasteiger partial charge in [-0.2, -0.15) is 0 Å². The van der Waals surface area contributed by atoms with Crippen molar-refractivity contribution < 1.29 is 19.4 Å². The molecule has 26 heavy (non-hydrogen) atoms. The third-order valence-electron chi connectivity index (χ3n) is 4.82. The van der Waals surface area contributed by atoms with Gasteiger partial charge in [-0.25, -0.2) is 9.59 Å². The van der Waals surface area contributed by atoms with Crippen LogP contribution in [0.5, 0.6) is 0 Å². The van der Waals surface area contributed by atoms with Gasteiger partial charge in [0.05, 0.1) is 0 Å². The molecule has 0 aromatic heterocycles. The molecule has 1 aliphatic heterocycles. The van der Waals surface area contributed by atoms with Crippen molar-refractivity contribution >= 4 is 12.1 Å². The third-order valence-corrected chi connectivity index (χ3v) is 4.82. The van der Waals surface area contributed by atoms with Crippen molar-refractivity contribution in [3.8, 4) is 0 Å². The zero-order valence-corrected chi connectivity index (χ0v) is 16.8. The Morgan fingerprint density at radius 2 is 1.69 bits per heavy atom. The van der Waals surface area contributed by atoms with Gasteiger partial charge < -0.3 is 9.84 Å². The van der Waals surface area contributed by atoms with Crippen molar-refractivity contribution in [2.45, 2.75) is 77.4 Å². The number of carbonyl (C=O) groups is 2. The van der Waals surface area contributed by atoms with Gasteiger partial charge in [0.1, 0.15) is 11.1 Å². The third kappa shape index (κ3) is 4.37. The molecule has 1 atom stereocenters. The minimum atomic E-state index is -1.24. The summed E-state index contributed by atoms with van der Waals surface area (Å²) in [5.74, 6) is -0.972. The van der Waals surface area contributed by atoms with Crippen LogP contribution < -0.4 is 0 Å². The van der Waals surface area contributed by atoms with Gasteiger partial charge in [-0.05, 0) is 50.2 Å². The molecule has 1 heterocycles. The maximum atomic E-state index is 12.6. The second-order valence-corrected chi connectivity index (χ2v) is 9.20. The molecule has 1 N–H and O–H groups in total. The molecule has 0 radical (unpaired) electrons. The largest absolute Gasteiger partial charge is 0.479 e. The molecule has 5 nitrogen and oxygen atoms in total. The molecule has 144 valence electrons. The van der Waals surface area contributed by atoms with E-state index in [1.807, 2.05) is 24.3 Å². The van der Waals surface area contributed by atoms with Crippen LogP contribution in [0.3, 0.4) is 0 Å². The summed E-state index contributed by atoms with van der Waals surface area (Å²) in [6.45, 7) is 12.2. The zero-order chi connectivity index (χ0) is 19.8. The van der Waals surface area contributed by atoms with E-state index in [4.69, 9.17) is 4.74 Å². The number of aliphatic carboxylic acids is 1. The Bertz CT molecular complexity index is 667. The van der Waals surface area contributed by atoms with Gasteiger partial charge in [0.15, 0.2) is 0 Å². The average molecular weight is 361 g/mol. The van der Waals surface area contributed by atoms with E-state index in [2.05, 4.69) is 20.8 Å². The quantitative estimate of drug-likeness (QED) is 0.867. The molecule has 1 saturated heterocycles. The summed E-state index contributed by atoms with van der Waals surface area (Å²) in [6.07, 6.45) is 0.823. The second kappa shape index (κ2) is 6.93. The van der Waals surface area contributed by atoms with E-state index in [-0.39, 0.29) is 11.8 Å². The Morgan fingerprint density at radius 3 is 2.15 bits per heavy atom. The van der Waals surface area contributed by atoms with Crippen LogP contribution in [0, 0.1) is 0 Å². The van der Waals surface area contributed by atoms with E-state index in [0.29, 0.717) is 19.4 Å². The second-order valence-electron chi connectivity index (χ2n) is 9.20. The standard InChI is InChI=1S/C21H31NO4/c1-19(2,3)16-10-8-15(9-11-16)14-21(17(23)24)12-7-13-22(21)18(25)26-20(4,5)6/h8-11H,7,12-14H2,1-6H3,(H,23,24). The Kier molecular flexibility index (Phi) is 5.41. The summed E-state index contributed by atoms with van der Waals surface area (Å²) in [5, 5.41) is 9.98. The lowest BCUT2D eigenvalue weighted by molar-refractivity contribution is -0.149. The number of carboxylic acid groups (broad SMARTS) is 1. The fourth-order valence-electron chi connectivity index (χ4n) is 3.40. The van der Waals surface area contributed by atoms with Gasteiger partial charge in [0.2, 0.25) is 0 Å². The summed E-state index contributed by atoms with van der Waals surface area (Å²) >= 11 is 0. The van der Waals surface area contributed by atoms with Gasteiger partial charge in [-0.3, -0.25) is 4.90 Å². The van der Waals surface area contributed by atoms with E-state index in [0.717, 1.165) is 5.56 Å². The van der Waals surface area contributed by atoms with Crippen LogP contribution in [-0.4, -0.2) is 39.8 Å². The highest BCUT2D eigenvalue weighted by Crippen LogP contribution is 2.35. The first-order chi connectivity index (χ1) is 11.8. The lowest BCUT2D eigenvalue weighted by Gasteiger charge is -2.36. The number of benzene rings is 1. The van der Waals surface area contributed by atoms with Gasteiger partial charge in [-0.15, -0.1) is 0 Å². The number of nitrogens with zero attached hydrogens (tertiary/aromatic N) is 1. The Hall–Kier alpha value is -2.04. The molecule has 1 amide bonds. The summed E-state index contributed by atoms with van der Waals surface area (Å²) in [7, 11) is 0. The van der Waals surface area contributed by atoms with E-state index >= 15 is 0 Å². The SMILES string of the molecule is CC(C)(C)OC(=O)N1CCCC1(Cc1ccc(C(C)(C)C)cc1)C(=O)O. The van der Waals surface area contributed by atoms with Crippen LogP contribution in [-0.2, 0) is 21.4 Å². The number of likely N-dealkylation sites (tertiary alicyclic amines) is 1. The van der Waals surface area contributed by atoms with E-state index in [1.165, 1.54) is 10.5 Å². The molecule has 0 bridgehead atoms. The number of ether oxygens (including phenoxy) is 1. The highest BCUT2D eigenvalue weighted by atomic mass is 16.6. The molecule has 0 spiro atoms. The summed E-state index contributed by atoms with van der Waals surface area (Å²) in [6, 6.07) is 8.02. The smallest absolute Gasteiger partial charge is 0.411 e. The zero-order valence-electron chi connectivity index (χ0n) is 16.8. The predicted molar refractivity (Wildman–Crippen MR) is 101 cm³/mol. The number of amides is 1. The van der Waals surface area contributed by atoms with Crippen molar-refractivity contribution in [3.63, 3.8) is 0 Å². The number of rotatable bonds is 3. The van der Waals surface area contributed by atoms with Crippen molar-refractivity contribution in [3.05, 3.63) is 35.4 Å². The fourth-order valence-corrected chi connectivity index (χ4v) is 3.40. The Balaban J connectivity index is 2.29. The molecule has 1 aromatic carbocycles. The first kappa shape index (κ1) is 20.3. The minimum absolute atomic E-state index is 0.0406. The number of carbonyl (C=O) groups excluding carboxylic acids is 1. The van der Waals surface area contributed by atoms with Crippen molar-refractivity contribution in [2.24, 2.45) is 0 Å². The highest BCUT2D eigenvalue weighted by Gasteiger charge is 2.51. The molecule has 2 rings (SSSR count). The van der Waals surface area contributed by atoms with Gasteiger partial charge in [0, 0.05) is 13.0 Å². The number of hydrogen-bond acceptors (Lipinski definition) is 3. The van der Waals surface area contributed by atoms with Crippen LogP contribution in [0.25, 0.3) is 0 Å². The fraction of sp³-hybridized carbons (Fsp3) is 0.619. The summed E-state index contributed by atoms with van der Waals surface area (Å²) < 4.78 is 5.45. The molecule has 1 fully saturated rings. The number of hydrogen-bond donors (Lipinski definition) is 1. The molecular weight excluding hydrogens is 330 g/mol. The van der Waals surface area contributed by atoms with Gasteiger partial charge >= 0.3 is 12.1 Å². The van der Waals surface area contributed by atoms with Crippen LogP contribution >= 0.6 is 0 Å². The normalized spacial score (nSPS) is 20.9. The van der Waals surface area contributed by atoms with Crippen LogP contribution in [0.15, 0.2) is 24.3 Å². The molecule has 1 aromatic rings. The highest BCUT2D eigenvalue weighted by molar-refractivity contribution is 5.85. The predicted octanol–water partition coefficient (Wildman–Crippen LogP) is 4.38. The summed E-state index contributed by atoms with van der Waals surface area (Å²) in [5.41, 5.74) is 0.250. The van der Waals surface area contributed by atoms with Crippen LogP contribution in [0.1, 0.15) is 65.5 Å². The van der Waals surface area contributed by atoms with E-state index < -0.39 is 23.2 Å². The van der Waals surface area contributed by atoms with Crippen LogP contribution in [0.2, 0.25) is 0 Å². The summed E-state index contributed by atoms with van der Waals surface area (Å²) in [4.78, 5) is 26.2. The first-order valence-electron chi connectivity index (χ1n) is 9.19. The molecular formula is C21H31NO4. The average Bonchev–Trinajstić information content (AvgIpc) is 2.90. The number of carboxylic acids is 1.